The van der Waals surface area contributed by atoms with Crippen LogP contribution in [0, 0.1) is 5.92 Å². The number of benzene rings is 3. The van der Waals surface area contributed by atoms with Crippen LogP contribution in [0.2, 0.25) is 0 Å². The minimum Gasteiger partial charge on any atom is -0.508 e. The van der Waals surface area contributed by atoms with Gasteiger partial charge in [0.05, 0.1) is 0 Å². The quantitative estimate of drug-likeness (QED) is 0.474. The molecular weight excluding hydrogens is 452 g/mol. The van der Waals surface area contributed by atoms with E-state index in [2.05, 4.69) is 0 Å². The third-order valence-corrected chi connectivity index (χ3v) is 6.15. The number of nitrogens with zero attached hydrogens (tertiary/aromatic N) is 1. The van der Waals surface area contributed by atoms with E-state index in [1.807, 2.05) is 54.3 Å². The third-order valence-electron chi connectivity index (χ3n) is 6.15. The van der Waals surface area contributed by atoms with Crippen molar-refractivity contribution in [2.24, 2.45) is 5.92 Å². The highest BCUT2D eigenvalue weighted by Crippen LogP contribution is 2.38. The van der Waals surface area contributed by atoms with Crippen LogP contribution in [-0.4, -0.2) is 54.4 Å². The largest absolute Gasteiger partial charge is 0.508 e. The van der Waals surface area contributed by atoms with E-state index in [0.717, 1.165) is 40.3 Å². The molecule has 35 heavy (non-hydrogen) atoms. The minimum atomic E-state index is -2.17. The molecule has 2 heterocycles. The van der Waals surface area contributed by atoms with Gasteiger partial charge < -0.3 is 19.7 Å². The molecule has 1 saturated heterocycles. The van der Waals surface area contributed by atoms with Crippen LogP contribution in [0.15, 0.2) is 72.8 Å². The van der Waals surface area contributed by atoms with E-state index in [1.165, 1.54) is 0 Å². The number of rotatable bonds is 6. The molecular formula is C28H29F2NO4. The Labute approximate surface area is 203 Å². The lowest BCUT2D eigenvalue weighted by Gasteiger charge is -2.38. The van der Waals surface area contributed by atoms with Crippen molar-refractivity contribution in [3.05, 3.63) is 83.9 Å². The van der Waals surface area contributed by atoms with Gasteiger partial charge in [0.2, 0.25) is 6.43 Å². The van der Waals surface area contributed by atoms with Gasteiger partial charge in [0.25, 0.3) is 0 Å². The molecule has 0 amide bonds. The second-order valence-electron chi connectivity index (χ2n) is 8.64. The average Bonchev–Trinajstić information content (AvgIpc) is 2.82. The number of likely N-dealkylation sites (tertiary alicyclic amines) is 1. The zero-order chi connectivity index (χ0) is 24.8. The number of halogens is 2. The number of phenolic OH excluding ortho intramolecular Hbond substituents is 2. The molecule has 2 N–H and O–H groups in total. The molecule has 1 fully saturated rings. The number of fused-ring (bicyclic) bond motifs is 1. The molecule has 0 saturated carbocycles. The highest BCUT2D eigenvalue weighted by molar-refractivity contribution is 5.94. The van der Waals surface area contributed by atoms with E-state index in [9.17, 15) is 19.0 Å². The SMILES string of the molecule is CC1=C(c2cccc(O)c2)COc2ccc(O)cc21.FC(F)C1CN(CCOc2ccccc2)C1. The van der Waals surface area contributed by atoms with Gasteiger partial charge in [0.1, 0.15) is 36.2 Å². The molecule has 5 nitrogen and oxygen atoms in total. The van der Waals surface area contributed by atoms with Crippen molar-refractivity contribution in [1.82, 2.24) is 4.90 Å². The summed E-state index contributed by atoms with van der Waals surface area (Å²) in [4.78, 5) is 1.99. The van der Waals surface area contributed by atoms with Crippen LogP contribution in [0.3, 0.4) is 0 Å². The summed E-state index contributed by atoms with van der Waals surface area (Å²) in [6.07, 6.45) is -2.17. The lowest BCUT2D eigenvalue weighted by Crippen LogP contribution is -2.51. The number of ether oxygens (including phenoxy) is 2. The van der Waals surface area contributed by atoms with Gasteiger partial charge in [0, 0.05) is 36.7 Å². The number of alkyl halides is 2. The Kier molecular flexibility index (Phi) is 7.87. The topological polar surface area (TPSA) is 62.2 Å². The second-order valence-corrected chi connectivity index (χ2v) is 8.64. The van der Waals surface area contributed by atoms with Gasteiger partial charge in [-0.3, -0.25) is 4.90 Å². The summed E-state index contributed by atoms with van der Waals surface area (Å²) >= 11 is 0. The lowest BCUT2D eigenvalue weighted by atomic mass is 9.93. The van der Waals surface area contributed by atoms with E-state index >= 15 is 0 Å². The predicted molar refractivity (Wildman–Crippen MR) is 132 cm³/mol. The maximum absolute atomic E-state index is 12.2. The normalized spacial score (nSPS) is 15.5. The molecule has 0 atom stereocenters. The van der Waals surface area contributed by atoms with Crippen molar-refractivity contribution in [2.45, 2.75) is 13.3 Å². The molecule has 0 bridgehead atoms. The van der Waals surface area contributed by atoms with E-state index in [4.69, 9.17) is 9.47 Å². The summed E-state index contributed by atoms with van der Waals surface area (Å²) in [5.41, 5.74) is 3.91. The van der Waals surface area contributed by atoms with Gasteiger partial charge in [-0.1, -0.05) is 30.3 Å². The van der Waals surface area contributed by atoms with Crippen molar-refractivity contribution in [3.63, 3.8) is 0 Å². The molecule has 3 aromatic carbocycles. The fourth-order valence-electron chi connectivity index (χ4n) is 4.11. The molecule has 0 radical (unpaired) electrons. The number of allylic oxidation sites excluding steroid dienone is 1. The van der Waals surface area contributed by atoms with Crippen molar-refractivity contribution < 1.29 is 28.5 Å². The first-order valence-corrected chi connectivity index (χ1v) is 11.5. The molecule has 2 aliphatic heterocycles. The van der Waals surface area contributed by atoms with Crippen LogP contribution in [0.25, 0.3) is 11.1 Å². The summed E-state index contributed by atoms with van der Waals surface area (Å²) in [6, 6.07) is 21.7. The monoisotopic (exact) mass is 481 g/mol. The Morgan fingerprint density at radius 2 is 1.71 bits per heavy atom. The minimum absolute atomic E-state index is 0.221. The number of hydrogen-bond acceptors (Lipinski definition) is 5. The fourth-order valence-corrected chi connectivity index (χ4v) is 4.11. The number of aromatic hydroxyl groups is 2. The standard InChI is InChI=1S/C16H14O3.C12H15F2NO/c1-10-14-8-13(18)5-6-16(14)19-9-15(10)11-3-2-4-12(17)7-11;13-12(14)10-8-15(9-10)6-7-16-11-4-2-1-3-5-11/h2-8,17-18H,9H2,1H3;1-5,10,12H,6-9H2. The summed E-state index contributed by atoms with van der Waals surface area (Å²) in [5.74, 6) is 1.63. The van der Waals surface area contributed by atoms with E-state index in [0.29, 0.717) is 26.3 Å². The van der Waals surface area contributed by atoms with Crippen molar-refractivity contribution in [3.8, 4) is 23.0 Å². The van der Waals surface area contributed by atoms with Gasteiger partial charge >= 0.3 is 0 Å². The summed E-state index contributed by atoms with van der Waals surface area (Å²) in [6.45, 7) is 4.73. The summed E-state index contributed by atoms with van der Waals surface area (Å²) in [5, 5.41) is 19.2. The van der Waals surface area contributed by atoms with E-state index in [-0.39, 0.29) is 11.5 Å². The fraction of sp³-hybridized carbons (Fsp3) is 0.286. The highest BCUT2D eigenvalue weighted by Gasteiger charge is 2.33. The van der Waals surface area contributed by atoms with Crippen LogP contribution >= 0.6 is 0 Å². The van der Waals surface area contributed by atoms with Gasteiger partial charge in [-0.15, -0.1) is 0 Å². The molecule has 2 aliphatic rings. The number of phenols is 2. The molecule has 184 valence electrons. The van der Waals surface area contributed by atoms with Crippen LogP contribution in [0.5, 0.6) is 23.0 Å². The Morgan fingerprint density at radius 3 is 2.43 bits per heavy atom. The van der Waals surface area contributed by atoms with Crippen molar-refractivity contribution in [2.75, 3.05) is 32.8 Å². The van der Waals surface area contributed by atoms with Crippen LogP contribution in [0.4, 0.5) is 8.78 Å². The average molecular weight is 482 g/mol. The lowest BCUT2D eigenvalue weighted by molar-refractivity contribution is -0.0280. The third kappa shape index (κ3) is 6.31. The number of hydrogen-bond donors (Lipinski definition) is 2. The molecule has 0 spiro atoms. The molecule has 3 aromatic rings. The molecule has 5 rings (SSSR count). The Balaban J connectivity index is 0.000000168. The van der Waals surface area contributed by atoms with Gasteiger partial charge in [0.15, 0.2) is 0 Å². The Hall–Kier alpha value is -3.58. The summed E-state index contributed by atoms with van der Waals surface area (Å²) in [7, 11) is 0. The van der Waals surface area contributed by atoms with Gasteiger partial charge in [-0.2, -0.15) is 0 Å². The van der Waals surface area contributed by atoms with Gasteiger partial charge in [-0.25, -0.2) is 8.78 Å². The van der Waals surface area contributed by atoms with E-state index in [1.54, 1.807) is 30.3 Å². The second kappa shape index (κ2) is 11.2. The maximum Gasteiger partial charge on any atom is 0.243 e. The molecule has 0 aliphatic carbocycles. The van der Waals surface area contributed by atoms with Gasteiger partial charge in [-0.05, 0) is 60.5 Å². The molecule has 7 heteroatoms. The number of para-hydroxylation sites is 1. The predicted octanol–water partition coefficient (Wildman–Crippen LogP) is 5.68. The van der Waals surface area contributed by atoms with Crippen molar-refractivity contribution >= 4 is 11.1 Å². The van der Waals surface area contributed by atoms with E-state index < -0.39 is 12.3 Å². The van der Waals surface area contributed by atoms with Crippen molar-refractivity contribution in [1.29, 1.82) is 0 Å². The molecule has 0 unspecified atom stereocenters. The van der Waals surface area contributed by atoms with Crippen LogP contribution in [0.1, 0.15) is 18.1 Å². The first-order valence-electron chi connectivity index (χ1n) is 11.5. The highest BCUT2D eigenvalue weighted by atomic mass is 19.3. The smallest absolute Gasteiger partial charge is 0.243 e. The molecule has 0 aromatic heterocycles. The van der Waals surface area contributed by atoms with Crippen LogP contribution in [-0.2, 0) is 0 Å². The first-order chi connectivity index (χ1) is 16.9. The summed E-state index contributed by atoms with van der Waals surface area (Å²) < 4.78 is 35.5. The Morgan fingerprint density at radius 1 is 0.971 bits per heavy atom. The van der Waals surface area contributed by atoms with Crippen LogP contribution < -0.4 is 9.47 Å². The maximum atomic E-state index is 12.2. The Bertz CT molecular complexity index is 1160. The zero-order valence-corrected chi connectivity index (χ0v) is 19.5. The first kappa shape index (κ1) is 24.5. The zero-order valence-electron chi connectivity index (χ0n) is 19.5.